The number of hydrogen-bond acceptors (Lipinski definition) is 5. The third-order valence-electron chi connectivity index (χ3n) is 15.0. The van der Waals surface area contributed by atoms with Crippen molar-refractivity contribution >= 4 is 34.2 Å². The SMILES string of the molecule is CCC(O)(CC)CCCSC(C)[C@H]1C(=O)C[C@H]2C3=CC=C4CC(O[Si](C)(C)C(C)(C)C)CC(O[Si](C)(C)C(C)(C)C)[C@]4(C)[C@H]3CC[C@]12C. The molecular formula is C41H74O4SSi2. The van der Waals surface area contributed by atoms with Crippen molar-refractivity contribution in [3.63, 3.8) is 0 Å². The predicted octanol–water partition coefficient (Wildman–Crippen LogP) is 11.5. The van der Waals surface area contributed by atoms with Gasteiger partial charge in [-0.2, -0.15) is 11.8 Å². The standard InChI is InChI=1S/C41H74O4SSi2/c1-16-41(43,17-2)22-18-24-46-28(3)36-34(42)27-33-31-20-19-29-25-30(44-47(12,13)37(4,5)6)26-35(45-48(14,15)38(7,8)9)40(29,11)32(31)21-23-39(33,36)10/h19-20,28,30,32-33,35-36,43H,16-18,21-27H2,1-15H3/t28?,30?,32-,33-,35?,36-,39-,40-/m0/s1. The Morgan fingerprint density at radius 3 is 2.08 bits per heavy atom. The summed E-state index contributed by atoms with van der Waals surface area (Å²) in [7, 11) is -4.02. The Bertz CT molecular complexity index is 1240. The van der Waals surface area contributed by atoms with Gasteiger partial charge in [0.05, 0.1) is 17.8 Å². The van der Waals surface area contributed by atoms with Gasteiger partial charge in [0.1, 0.15) is 5.78 Å². The van der Waals surface area contributed by atoms with Crippen LogP contribution in [0.1, 0.15) is 134 Å². The van der Waals surface area contributed by atoms with Gasteiger partial charge in [-0.15, -0.1) is 0 Å². The molecule has 0 aromatic rings. The second-order valence-electron chi connectivity index (χ2n) is 19.9. The summed E-state index contributed by atoms with van der Waals surface area (Å²) in [6.45, 7) is 35.2. The average Bonchev–Trinajstić information content (AvgIpc) is 3.24. The van der Waals surface area contributed by atoms with Crippen LogP contribution in [0.2, 0.25) is 36.3 Å². The van der Waals surface area contributed by atoms with Gasteiger partial charge in [0, 0.05) is 23.0 Å². The van der Waals surface area contributed by atoms with E-state index in [1.165, 1.54) is 11.1 Å². The van der Waals surface area contributed by atoms with E-state index in [1.54, 1.807) is 0 Å². The molecule has 4 aliphatic rings. The number of ketones is 1. The van der Waals surface area contributed by atoms with Crippen molar-refractivity contribution < 1.29 is 18.8 Å². The van der Waals surface area contributed by atoms with Gasteiger partial charge in [-0.25, -0.2) is 0 Å². The lowest BCUT2D eigenvalue weighted by Gasteiger charge is -2.59. The molecule has 1 N–H and O–H groups in total. The number of thioether (sulfide) groups is 1. The molecule has 0 heterocycles. The summed E-state index contributed by atoms with van der Waals surface area (Å²) in [4.78, 5) is 14.0. The van der Waals surface area contributed by atoms with Crippen molar-refractivity contribution in [3.05, 3.63) is 23.3 Å². The smallest absolute Gasteiger partial charge is 0.192 e. The van der Waals surface area contributed by atoms with Crippen LogP contribution < -0.4 is 0 Å². The van der Waals surface area contributed by atoms with Gasteiger partial charge in [0.2, 0.25) is 0 Å². The number of rotatable bonds is 12. The zero-order valence-electron chi connectivity index (χ0n) is 33.8. The van der Waals surface area contributed by atoms with Crippen molar-refractivity contribution in [2.24, 2.45) is 28.6 Å². The van der Waals surface area contributed by atoms with Gasteiger partial charge in [0.15, 0.2) is 16.6 Å². The molecule has 0 aromatic heterocycles. The van der Waals surface area contributed by atoms with E-state index in [1.807, 2.05) is 11.8 Å². The Hall–Kier alpha value is -0.186. The molecule has 4 rings (SSSR count). The average molecular weight is 719 g/mol. The molecule has 0 aliphatic heterocycles. The minimum Gasteiger partial charge on any atom is -0.414 e. The minimum atomic E-state index is -2.07. The molecule has 0 amide bonds. The summed E-state index contributed by atoms with van der Waals surface area (Å²) >= 11 is 1.97. The minimum absolute atomic E-state index is 0.000456. The van der Waals surface area contributed by atoms with E-state index >= 15 is 0 Å². The lowest BCUT2D eigenvalue weighted by Crippen LogP contribution is -2.58. The Morgan fingerprint density at radius 2 is 1.52 bits per heavy atom. The molecule has 3 fully saturated rings. The van der Waals surface area contributed by atoms with Gasteiger partial charge >= 0.3 is 0 Å². The summed E-state index contributed by atoms with van der Waals surface area (Å²) in [5.41, 5.74) is 2.43. The highest BCUT2D eigenvalue weighted by atomic mass is 32.2. The molecule has 0 aromatic carbocycles. The quantitative estimate of drug-likeness (QED) is 0.161. The molecule has 0 spiro atoms. The van der Waals surface area contributed by atoms with Crippen LogP contribution in [0.3, 0.4) is 0 Å². The molecule has 0 bridgehead atoms. The highest BCUT2D eigenvalue weighted by molar-refractivity contribution is 7.99. The van der Waals surface area contributed by atoms with Gasteiger partial charge in [-0.05, 0) is 111 Å². The normalized spacial score (nSPS) is 33.8. The van der Waals surface area contributed by atoms with Gasteiger partial charge < -0.3 is 14.0 Å². The van der Waals surface area contributed by atoms with Crippen molar-refractivity contribution in [1.29, 1.82) is 0 Å². The Morgan fingerprint density at radius 1 is 0.938 bits per heavy atom. The zero-order valence-corrected chi connectivity index (χ0v) is 36.6. The van der Waals surface area contributed by atoms with Crippen molar-refractivity contribution in [1.82, 2.24) is 0 Å². The molecule has 0 radical (unpaired) electrons. The molecule has 3 saturated carbocycles. The number of allylic oxidation sites excluding steroid dienone is 3. The molecule has 3 unspecified atom stereocenters. The Kier molecular flexibility index (Phi) is 11.8. The zero-order chi connectivity index (χ0) is 36.3. The first-order chi connectivity index (χ1) is 21.9. The highest BCUT2D eigenvalue weighted by Gasteiger charge is 2.62. The van der Waals surface area contributed by atoms with E-state index in [9.17, 15) is 9.90 Å². The number of Topliss-reactive ketones (excluding diaryl/α,β-unsaturated/α-hetero) is 1. The number of fused-ring (bicyclic) bond motifs is 5. The van der Waals surface area contributed by atoms with E-state index in [4.69, 9.17) is 8.85 Å². The maximum Gasteiger partial charge on any atom is 0.192 e. The van der Waals surface area contributed by atoms with Gasteiger partial charge in [0.25, 0.3) is 0 Å². The first-order valence-electron chi connectivity index (χ1n) is 19.5. The van der Waals surface area contributed by atoms with Crippen LogP contribution in [0.4, 0.5) is 0 Å². The van der Waals surface area contributed by atoms with E-state index in [2.05, 4.69) is 115 Å². The first-order valence-corrected chi connectivity index (χ1v) is 26.4. The Labute approximate surface area is 302 Å². The van der Waals surface area contributed by atoms with Crippen LogP contribution in [0, 0.1) is 28.6 Å². The van der Waals surface area contributed by atoms with E-state index in [-0.39, 0.29) is 39.0 Å². The summed E-state index contributed by atoms with van der Waals surface area (Å²) in [6, 6.07) is 0. The molecule has 0 saturated heterocycles. The van der Waals surface area contributed by atoms with E-state index in [0.29, 0.717) is 29.3 Å². The van der Waals surface area contributed by atoms with Crippen molar-refractivity contribution in [2.45, 2.75) is 193 Å². The van der Waals surface area contributed by atoms with Crippen LogP contribution >= 0.6 is 11.8 Å². The van der Waals surface area contributed by atoms with E-state index in [0.717, 1.165) is 57.1 Å². The van der Waals surface area contributed by atoms with Crippen LogP contribution in [0.25, 0.3) is 0 Å². The van der Waals surface area contributed by atoms with Crippen LogP contribution in [0.5, 0.6) is 0 Å². The van der Waals surface area contributed by atoms with Crippen molar-refractivity contribution in [3.8, 4) is 0 Å². The van der Waals surface area contributed by atoms with Crippen molar-refractivity contribution in [2.75, 3.05) is 5.75 Å². The van der Waals surface area contributed by atoms with Gasteiger partial charge in [-0.3, -0.25) is 4.79 Å². The molecule has 48 heavy (non-hydrogen) atoms. The largest absolute Gasteiger partial charge is 0.414 e. The third-order valence-corrected chi connectivity index (χ3v) is 25.3. The number of carbonyl (C=O) groups excluding carboxylic acids is 1. The molecule has 4 aliphatic carbocycles. The lowest BCUT2D eigenvalue weighted by atomic mass is 9.49. The number of carbonyl (C=O) groups is 1. The summed E-state index contributed by atoms with van der Waals surface area (Å²) < 4.78 is 14.7. The fraction of sp³-hybridized carbons (Fsp3) is 0.878. The topological polar surface area (TPSA) is 55.8 Å². The Balaban J connectivity index is 1.62. The predicted molar refractivity (Wildman–Crippen MR) is 212 cm³/mol. The second-order valence-corrected chi connectivity index (χ2v) is 30.9. The number of aliphatic hydroxyl groups is 1. The van der Waals surface area contributed by atoms with Crippen LogP contribution in [-0.2, 0) is 13.6 Å². The second kappa shape index (κ2) is 14.0. The molecule has 7 heteroatoms. The molecule has 276 valence electrons. The maximum absolute atomic E-state index is 14.0. The highest BCUT2D eigenvalue weighted by Crippen LogP contribution is 2.66. The number of hydrogen-bond donors (Lipinski definition) is 1. The monoisotopic (exact) mass is 718 g/mol. The summed E-state index contributed by atoms with van der Waals surface area (Å²) in [6.07, 6.45) is 13.5. The fourth-order valence-corrected chi connectivity index (χ4v) is 13.5. The van der Waals surface area contributed by atoms with Crippen LogP contribution in [0.15, 0.2) is 23.3 Å². The lowest BCUT2D eigenvalue weighted by molar-refractivity contribution is -0.122. The fourth-order valence-electron chi connectivity index (χ4n) is 9.40. The molecule has 8 atom stereocenters. The first kappa shape index (κ1) is 40.6. The summed E-state index contributed by atoms with van der Waals surface area (Å²) in [5, 5.41) is 11.4. The maximum atomic E-state index is 14.0. The molecule has 4 nitrogen and oxygen atoms in total. The third kappa shape index (κ3) is 7.49. The molecular weight excluding hydrogens is 645 g/mol. The van der Waals surface area contributed by atoms with E-state index < -0.39 is 22.2 Å². The summed E-state index contributed by atoms with van der Waals surface area (Å²) in [5.74, 6) is 2.30. The van der Waals surface area contributed by atoms with Gasteiger partial charge in [-0.1, -0.05) is 99.5 Å². The van der Waals surface area contributed by atoms with Crippen LogP contribution in [-0.4, -0.2) is 56.3 Å².